The van der Waals surface area contributed by atoms with E-state index in [1.165, 1.54) is 0 Å². The summed E-state index contributed by atoms with van der Waals surface area (Å²) < 4.78 is 22.5. The molecule has 0 spiro atoms. The third kappa shape index (κ3) is 5.39. The Morgan fingerprint density at radius 1 is 0.909 bits per heavy atom. The predicted molar refractivity (Wildman–Crippen MR) is 129 cm³/mol. The van der Waals surface area contributed by atoms with Gasteiger partial charge in [-0.2, -0.15) is 0 Å². The van der Waals surface area contributed by atoms with Crippen molar-refractivity contribution in [3.8, 4) is 17.2 Å². The fourth-order valence-electron chi connectivity index (χ4n) is 3.40. The first-order valence-electron chi connectivity index (χ1n) is 11.2. The molecule has 0 aliphatic carbocycles. The number of hydrogen-bond acceptors (Lipinski definition) is 7. The molecule has 0 fully saturated rings. The van der Waals surface area contributed by atoms with E-state index in [9.17, 15) is 9.59 Å². The average molecular weight is 455 g/mol. The van der Waals surface area contributed by atoms with E-state index in [0.717, 1.165) is 6.42 Å². The van der Waals surface area contributed by atoms with Gasteiger partial charge in [-0.15, -0.1) is 0 Å². The van der Waals surface area contributed by atoms with Gasteiger partial charge >= 0.3 is 5.63 Å². The monoisotopic (exact) mass is 454 g/mol. The molecule has 1 amide bonds. The molecule has 33 heavy (non-hydrogen) atoms. The highest BCUT2D eigenvalue weighted by Crippen LogP contribution is 2.39. The van der Waals surface area contributed by atoms with Crippen molar-refractivity contribution in [3.63, 3.8) is 0 Å². The van der Waals surface area contributed by atoms with E-state index in [4.69, 9.17) is 18.6 Å². The van der Waals surface area contributed by atoms with Crippen LogP contribution in [-0.4, -0.2) is 32.3 Å². The third-order valence-corrected chi connectivity index (χ3v) is 4.77. The van der Waals surface area contributed by atoms with Gasteiger partial charge in [-0.1, -0.05) is 19.1 Å². The van der Waals surface area contributed by atoms with Crippen molar-refractivity contribution in [2.75, 3.05) is 37.0 Å². The number of hydrogen-bond donors (Lipinski definition) is 2. The number of anilines is 2. The van der Waals surface area contributed by atoms with Crippen LogP contribution in [0.2, 0.25) is 0 Å². The first-order valence-corrected chi connectivity index (χ1v) is 11.2. The first kappa shape index (κ1) is 24.0. The summed E-state index contributed by atoms with van der Waals surface area (Å²) >= 11 is 0. The Morgan fingerprint density at radius 2 is 1.55 bits per heavy atom. The normalized spacial score (nSPS) is 10.7. The molecule has 2 N–H and O–H groups in total. The maximum absolute atomic E-state index is 13.2. The lowest BCUT2D eigenvalue weighted by molar-refractivity contribution is 0.102. The van der Waals surface area contributed by atoms with Crippen LogP contribution in [0.1, 0.15) is 44.5 Å². The first-order chi connectivity index (χ1) is 16.0. The molecule has 8 heteroatoms. The second-order valence-corrected chi connectivity index (χ2v) is 7.12. The SMILES string of the molecule is CCCNc1c(NC(=O)c2cc(OCC)c(OCC)c(OCC)c2)c(=O)oc2ccccc12. The quantitative estimate of drug-likeness (QED) is 0.391. The molecule has 176 valence electrons. The zero-order chi connectivity index (χ0) is 23.8. The number of nitrogens with one attached hydrogen (secondary N) is 2. The van der Waals surface area contributed by atoms with Gasteiger partial charge in [0.1, 0.15) is 5.58 Å². The van der Waals surface area contributed by atoms with Crippen molar-refractivity contribution in [3.05, 3.63) is 52.4 Å². The Balaban J connectivity index is 2.06. The molecular formula is C25H30N2O6. The van der Waals surface area contributed by atoms with Crippen LogP contribution in [0, 0.1) is 0 Å². The summed E-state index contributed by atoms with van der Waals surface area (Å²) in [4.78, 5) is 26.0. The second kappa shape index (κ2) is 11.3. The van der Waals surface area contributed by atoms with E-state index in [0.29, 0.717) is 60.3 Å². The third-order valence-electron chi connectivity index (χ3n) is 4.77. The molecule has 0 saturated heterocycles. The van der Waals surface area contributed by atoms with Crippen LogP contribution in [0.25, 0.3) is 11.0 Å². The van der Waals surface area contributed by atoms with Gasteiger partial charge < -0.3 is 29.3 Å². The van der Waals surface area contributed by atoms with E-state index in [1.54, 1.807) is 24.3 Å². The molecule has 0 unspecified atom stereocenters. The van der Waals surface area contributed by atoms with E-state index < -0.39 is 11.5 Å². The number of ether oxygens (including phenoxy) is 3. The van der Waals surface area contributed by atoms with Gasteiger partial charge in [-0.3, -0.25) is 4.79 Å². The van der Waals surface area contributed by atoms with Crippen LogP contribution in [0.3, 0.4) is 0 Å². The Kier molecular flexibility index (Phi) is 8.18. The molecule has 0 bridgehead atoms. The average Bonchev–Trinajstić information content (AvgIpc) is 2.81. The molecule has 0 aliphatic rings. The van der Waals surface area contributed by atoms with Gasteiger partial charge in [-0.25, -0.2) is 4.79 Å². The predicted octanol–water partition coefficient (Wildman–Crippen LogP) is 5.06. The van der Waals surface area contributed by atoms with Crippen molar-refractivity contribution in [2.45, 2.75) is 34.1 Å². The summed E-state index contributed by atoms with van der Waals surface area (Å²) in [6, 6.07) is 10.3. The topological polar surface area (TPSA) is 99.0 Å². The number of amides is 1. The Bertz CT molecular complexity index is 1140. The lowest BCUT2D eigenvalue weighted by atomic mass is 10.1. The lowest BCUT2D eigenvalue weighted by Gasteiger charge is -2.18. The van der Waals surface area contributed by atoms with Gasteiger partial charge in [0.15, 0.2) is 17.2 Å². The molecular weight excluding hydrogens is 424 g/mol. The number of fused-ring (bicyclic) bond motifs is 1. The molecule has 0 atom stereocenters. The molecule has 8 nitrogen and oxygen atoms in total. The second-order valence-electron chi connectivity index (χ2n) is 7.12. The molecule has 2 aromatic carbocycles. The Hall–Kier alpha value is -3.68. The molecule has 0 aliphatic heterocycles. The summed E-state index contributed by atoms with van der Waals surface area (Å²) in [5.74, 6) is 0.728. The zero-order valence-electron chi connectivity index (χ0n) is 19.4. The molecule has 0 saturated carbocycles. The molecule has 1 heterocycles. The van der Waals surface area contributed by atoms with Crippen molar-refractivity contribution < 1.29 is 23.4 Å². The minimum atomic E-state index is -0.637. The molecule has 0 radical (unpaired) electrons. The maximum Gasteiger partial charge on any atom is 0.362 e. The summed E-state index contributed by atoms with van der Waals surface area (Å²) in [5.41, 5.74) is 0.647. The minimum absolute atomic E-state index is 0.0527. The summed E-state index contributed by atoms with van der Waals surface area (Å²) in [7, 11) is 0. The standard InChI is InChI=1S/C25H30N2O6/c1-5-13-26-21-17-11-9-10-12-18(17)33-25(29)22(21)27-24(28)16-14-19(30-6-2)23(32-8-4)20(15-16)31-7-3/h9-12,14-15,26H,5-8,13H2,1-4H3,(H,27,28). The Morgan fingerprint density at radius 3 is 2.15 bits per heavy atom. The van der Waals surface area contributed by atoms with E-state index in [-0.39, 0.29) is 11.3 Å². The number of rotatable bonds is 11. The number of para-hydroxylation sites is 1. The van der Waals surface area contributed by atoms with Crippen LogP contribution in [-0.2, 0) is 0 Å². The van der Waals surface area contributed by atoms with Gasteiger partial charge in [0.25, 0.3) is 5.91 Å². The summed E-state index contributed by atoms with van der Waals surface area (Å²) in [6.07, 6.45) is 0.844. The summed E-state index contributed by atoms with van der Waals surface area (Å²) in [5, 5.41) is 6.68. The molecule has 1 aromatic heterocycles. The minimum Gasteiger partial charge on any atom is -0.490 e. The highest BCUT2D eigenvalue weighted by atomic mass is 16.5. The smallest absolute Gasteiger partial charge is 0.362 e. The van der Waals surface area contributed by atoms with Crippen molar-refractivity contribution in [1.82, 2.24) is 0 Å². The zero-order valence-corrected chi connectivity index (χ0v) is 19.4. The van der Waals surface area contributed by atoms with E-state index in [2.05, 4.69) is 10.6 Å². The fraction of sp³-hybridized carbons (Fsp3) is 0.360. The van der Waals surface area contributed by atoms with Gasteiger partial charge in [0, 0.05) is 17.5 Å². The number of benzene rings is 2. The van der Waals surface area contributed by atoms with Gasteiger partial charge in [0.2, 0.25) is 5.75 Å². The van der Waals surface area contributed by atoms with Gasteiger partial charge in [0.05, 0.1) is 25.5 Å². The van der Waals surface area contributed by atoms with Gasteiger partial charge in [-0.05, 0) is 51.5 Å². The van der Waals surface area contributed by atoms with Crippen LogP contribution in [0.15, 0.2) is 45.6 Å². The molecule has 3 rings (SSSR count). The molecule has 3 aromatic rings. The summed E-state index contributed by atoms with van der Waals surface area (Å²) in [6.45, 7) is 9.37. The van der Waals surface area contributed by atoms with E-state index >= 15 is 0 Å². The maximum atomic E-state index is 13.2. The largest absolute Gasteiger partial charge is 0.490 e. The van der Waals surface area contributed by atoms with Crippen molar-refractivity contribution in [2.24, 2.45) is 0 Å². The van der Waals surface area contributed by atoms with Crippen LogP contribution < -0.4 is 30.5 Å². The number of carbonyl (C=O) groups excluding carboxylic acids is 1. The van der Waals surface area contributed by atoms with Crippen molar-refractivity contribution in [1.29, 1.82) is 0 Å². The number of carbonyl (C=O) groups is 1. The highest BCUT2D eigenvalue weighted by Gasteiger charge is 2.21. The van der Waals surface area contributed by atoms with Crippen LogP contribution in [0.4, 0.5) is 11.4 Å². The lowest BCUT2D eigenvalue weighted by Crippen LogP contribution is -2.21. The Labute approximate surface area is 192 Å². The van der Waals surface area contributed by atoms with Crippen molar-refractivity contribution >= 4 is 28.3 Å². The fourth-order valence-corrected chi connectivity index (χ4v) is 3.40. The van der Waals surface area contributed by atoms with Crippen LogP contribution >= 0.6 is 0 Å². The van der Waals surface area contributed by atoms with Crippen LogP contribution in [0.5, 0.6) is 17.2 Å². The highest BCUT2D eigenvalue weighted by molar-refractivity contribution is 6.09. The van der Waals surface area contributed by atoms with E-state index in [1.807, 2.05) is 39.8 Å².